The van der Waals surface area contributed by atoms with E-state index in [0.717, 1.165) is 17.0 Å². The molecule has 2 rings (SSSR count). The highest BCUT2D eigenvalue weighted by atomic mass is 16.5. The van der Waals surface area contributed by atoms with Crippen LogP contribution in [-0.4, -0.2) is 18.2 Å². The Kier molecular flexibility index (Phi) is 5.31. The average molecular weight is 295 g/mol. The van der Waals surface area contributed by atoms with Gasteiger partial charge in [-0.2, -0.15) is 0 Å². The molecule has 2 aromatic rings. The number of rotatable bonds is 5. The highest BCUT2D eigenvalue weighted by molar-refractivity contribution is 6.09. The van der Waals surface area contributed by atoms with Crippen molar-refractivity contribution in [3.8, 4) is 11.5 Å². The van der Waals surface area contributed by atoms with Crippen molar-refractivity contribution >= 4 is 17.5 Å². The molecule has 0 aliphatic carbocycles. The fourth-order valence-electron chi connectivity index (χ4n) is 2.04. The Bertz CT molecular complexity index is 690. The SMILES string of the molecule is CN=C/C(=C\C(C)C)c1cc(Oc2cccc(N)c2)ccn1. The topological polar surface area (TPSA) is 60.5 Å². The van der Waals surface area contributed by atoms with Crippen LogP contribution in [0.5, 0.6) is 11.5 Å². The Morgan fingerprint density at radius 1 is 1.23 bits per heavy atom. The second-order valence-electron chi connectivity index (χ2n) is 5.30. The molecule has 0 spiro atoms. The normalized spacial score (nSPS) is 12.1. The predicted molar refractivity (Wildman–Crippen MR) is 92.4 cm³/mol. The standard InChI is InChI=1S/C18H21N3O/c1-13(2)9-14(12-20-3)18-11-17(7-8-21-18)22-16-6-4-5-15(19)10-16/h4-13H,19H2,1-3H3/b14-9+,20-12?. The summed E-state index contributed by atoms with van der Waals surface area (Å²) in [5.74, 6) is 1.83. The van der Waals surface area contributed by atoms with Crippen molar-refractivity contribution in [2.45, 2.75) is 13.8 Å². The van der Waals surface area contributed by atoms with E-state index in [1.54, 1.807) is 19.3 Å². The molecule has 4 nitrogen and oxygen atoms in total. The highest BCUT2D eigenvalue weighted by Gasteiger charge is 2.05. The first-order valence-electron chi connectivity index (χ1n) is 7.22. The van der Waals surface area contributed by atoms with Crippen molar-refractivity contribution in [1.82, 2.24) is 4.98 Å². The van der Waals surface area contributed by atoms with Gasteiger partial charge in [0.1, 0.15) is 11.5 Å². The summed E-state index contributed by atoms with van der Waals surface area (Å²) in [4.78, 5) is 8.51. The van der Waals surface area contributed by atoms with Crippen LogP contribution in [-0.2, 0) is 0 Å². The summed E-state index contributed by atoms with van der Waals surface area (Å²) in [6.07, 6.45) is 5.67. The smallest absolute Gasteiger partial charge is 0.131 e. The zero-order valence-corrected chi connectivity index (χ0v) is 13.2. The first kappa shape index (κ1) is 15.8. The van der Waals surface area contributed by atoms with Gasteiger partial charge in [0, 0.05) is 42.9 Å². The van der Waals surface area contributed by atoms with Gasteiger partial charge < -0.3 is 10.5 Å². The minimum atomic E-state index is 0.410. The van der Waals surface area contributed by atoms with E-state index in [1.807, 2.05) is 36.5 Å². The summed E-state index contributed by atoms with van der Waals surface area (Å²) in [7, 11) is 1.75. The summed E-state index contributed by atoms with van der Waals surface area (Å²) in [5, 5.41) is 0. The lowest BCUT2D eigenvalue weighted by atomic mass is 10.1. The number of aromatic nitrogens is 1. The van der Waals surface area contributed by atoms with E-state index in [0.29, 0.717) is 17.4 Å². The Balaban J connectivity index is 2.29. The average Bonchev–Trinajstić information content (AvgIpc) is 2.47. The van der Waals surface area contributed by atoms with Gasteiger partial charge in [0.05, 0.1) is 5.69 Å². The summed E-state index contributed by atoms with van der Waals surface area (Å²) >= 11 is 0. The molecule has 0 amide bonds. The fourth-order valence-corrected chi connectivity index (χ4v) is 2.04. The monoisotopic (exact) mass is 295 g/mol. The van der Waals surface area contributed by atoms with Crippen LogP contribution in [0.25, 0.3) is 5.57 Å². The zero-order valence-electron chi connectivity index (χ0n) is 13.2. The number of nitrogens with two attached hydrogens (primary N) is 1. The van der Waals surface area contributed by atoms with E-state index in [2.05, 4.69) is 29.9 Å². The number of allylic oxidation sites excluding steroid dienone is 2. The number of hydrogen-bond acceptors (Lipinski definition) is 4. The molecule has 1 aromatic heterocycles. The van der Waals surface area contributed by atoms with Gasteiger partial charge in [-0.05, 0) is 24.1 Å². The van der Waals surface area contributed by atoms with Crippen LogP contribution in [0.2, 0.25) is 0 Å². The first-order chi connectivity index (χ1) is 10.6. The Morgan fingerprint density at radius 3 is 2.68 bits per heavy atom. The number of anilines is 1. The molecule has 0 radical (unpaired) electrons. The van der Waals surface area contributed by atoms with Gasteiger partial charge in [0.15, 0.2) is 0 Å². The number of ether oxygens (including phenoxy) is 1. The van der Waals surface area contributed by atoms with Crippen LogP contribution >= 0.6 is 0 Å². The fraction of sp³-hybridized carbons (Fsp3) is 0.222. The van der Waals surface area contributed by atoms with Crippen LogP contribution in [0.1, 0.15) is 19.5 Å². The summed E-state index contributed by atoms with van der Waals surface area (Å²) < 4.78 is 5.84. The third-order valence-electron chi connectivity index (χ3n) is 2.90. The van der Waals surface area contributed by atoms with Crippen LogP contribution in [0, 0.1) is 5.92 Å². The number of aliphatic imine (C=N–C) groups is 1. The van der Waals surface area contributed by atoms with E-state index in [1.165, 1.54) is 0 Å². The number of benzene rings is 1. The Hall–Kier alpha value is -2.62. The van der Waals surface area contributed by atoms with Gasteiger partial charge in [-0.3, -0.25) is 9.98 Å². The molecule has 2 N–H and O–H groups in total. The number of nitrogens with zero attached hydrogens (tertiary/aromatic N) is 2. The molecule has 0 unspecified atom stereocenters. The molecule has 0 atom stereocenters. The van der Waals surface area contributed by atoms with Crippen molar-refractivity contribution in [1.29, 1.82) is 0 Å². The van der Waals surface area contributed by atoms with Gasteiger partial charge in [-0.25, -0.2) is 0 Å². The summed E-state index contributed by atoms with van der Waals surface area (Å²) in [5.41, 5.74) is 8.25. The van der Waals surface area contributed by atoms with Crippen molar-refractivity contribution in [3.63, 3.8) is 0 Å². The van der Waals surface area contributed by atoms with Gasteiger partial charge in [0.25, 0.3) is 0 Å². The van der Waals surface area contributed by atoms with Crippen LogP contribution in [0.15, 0.2) is 53.7 Å². The number of pyridine rings is 1. The molecule has 0 saturated carbocycles. The van der Waals surface area contributed by atoms with Gasteiger partial charge >= 0.3 is 0 Å². The van der Waals surface area contributed by atoms with E-state index < -0.39 is 0 Å². The summed E-state index contributed by atoms with van der Waals surface area (Å²) in [6, 6.07) is 11.1. The zero-order chi connectivity index (χ0) is 15.9. The maximum Gasteiger partial charge on any atom is 0.131 e. The molecule has 0 aliphatic heterocycles. The first-order valence-corrected chi connectivity index (χ1v) is 7.22. The van der Waals surface area contributed by atoms with E-state index in [-0.39, 0.29) is 0 Å². The summed E-state index contributed by atoms with van der Waals surface area (Å²) in [6.45, 7) is 4.24. The lowest BCUT2D eigenvalue weighted by Gasteiger charge is -2.09. The maximum atomic E-state index is 5.84. The van der Waals surface area contributed by atoms with Crippen molar-refractivity contribution in [2.75, 3.05) is 12.8 Å². The van der Waals surface area contributed by atoms with E-state index >= 15 is 0 Å². The van der Waals surface area contributed by atoms with Crippen molar-refractivity contribution in [2.24, 2.45) is 10.9 Å². The minimum absolute atomic E-state index is 0.410. The molecular formula is C18H21N3O. The minimum Gasteiger partial charge on any atom is -0.457 e. The molecule has 4 heteroatoms. The Labute approximate surface area is 131 Å². The molecular weight excluding hydrogens is 274 g/mol. The maximum absolute atomic E-state index is 5.84. The Morgan fingerprint density at radius 2 is 2.00 bits per heavy atom. The highest BCUT2D eigenvalue weighted by Crippen LogP contribution is 2.25. The van der Waals surface area contributed by atoms with Crippen LogP contribution < -0.4 is 10.5 Å². The number of nitrogen functional groups attached to an aromatic ring is 1. The quantitative estimate of drug-likeness (QED) is 0.664. The van der Waals surface area contributed by atoms with E-state index in [9.17, 15) is 0 Å². The molecule has 0 aliphatic rings. The van der Waals surface area contributed by atoms with Crippen molar-refractivity contribution in [3.05, 3.63) is 54.4 Å². The second-order valence-corrected chi connectivity index (χ2v) is 5.30. The van der Waals surface area contributed by atoms with Crippen LogP contribution in [0.4, 0.5) is 5.69 Å². The lowest BCUT2D eigenvalue weighted by Crippen LogP contribution is -1.95. The van der Waals surface area contributed by atoms with Gasteiger partial charge in [-0.1, -0.05) is 26.0 Å². The van der Waals surface area contributed by atoms with Gasteiger partial charge in [-0.15, -0.1) is 0 Å². The van der Waals surface area contributed by atoms with Crippen molar-refractivity contribution < 1.29 is 4.74 Å². The lowest BCUT2D eigenvalue weighted by molar-refractivity contribution is 0.482. The van der Waals surface area contributed by atoms with Gasteiger partial charge in [0.2, 0.25) is 0 Å². The molecule has 1 heterocycles. The molecule has 0 fully saturated rings. The molecule has 22 heavy (non-hydrogen) atoms. The second kappa shape index (κ2) is 7.41. The number of hydrogen-bond donors (Lipinski definition) is 1. The largest absolute Gasteiger partial charge is 0.457 e. The molecule has 114 valence electrons. The van der Waals surface area contributed by atoms with E-state index in [4.69, 9.17) is 10.5 Å². The predicted octanol–water partition coefficient (Wildman–Crippen LogP) is 4.20. The molecule has 0 saturated heterocycles. The molecule has 1 aromatic carbocycles. The third kappa shape index (κ3) is 4.45. The van der Waals surface area contributed by atoms with Crippen LogP contribution in [0.3, 0.4) is 0 Å². The third-order valence-corrected chi connectivity index (χ3v) is 2.90. The molecule has 0 bridgehead atoms.